The molecular formula is C40H61N3. The van der Waals surface area contributed by atoms with Gasteiger partial charge in [-0.3, -0.25) is 0 Å². The van der Waals surface area contributed by atoms with Gasteiger partial charge >= 0.3 is 0 Å². The molecule has 2 heterocycles. The number of aryl methyl sites for hydroxylation is 4. The molecule has 1 fully saturated rings. The van der Waals surface area contributed by atoms with Crippen molar-refractivity contribution in [1.29, 1.82) is 0 Å². The lowest BCUT2D eigenvalue weighted by atomic mass is 9.86. The maximum atomic E-state index is 4.68. The predicted octanol–water partition coefficient (Wildman–Crippen LogP) is 8.78. The van der Waals surface area contributed by atoms with Crippen LogP contribution in [0.3, 0.4) is 0 Å². The molecule has 2 aromatic rings. The van der Waals surface area contributed by atoms with Crippen molar-refractivity contribution in [3.05, 3.63) is 81.9 Å². The van der Waals surface area contributed by atoms with Crippen LogP contribution in [0.4, 0.5) is 0 Å². The highest BCUT2D eigenvalue weighted by Crippen LogP contribution is 2.31. The van der Waals surface area contributed by atoms with Crippen molar-refractivity contribution >= 4 is 11.3 Å². The Morgan fingerprint density at radius 3 is 2.19 bits per heavy atom. The summed E-state index contributed by atoms with van der Waals surface area (Å²) in [5.41, 5.74) is 14.0. The van der Waals surface area contributed by atoms with Crippen LogP contribution in [-0.4, -0.2) is 55.6 Å². The Morgan fingerprint density at radius 1 is 0.767 bits per heavy atom. The van der Waals surface area contributed by atoms with E-state index in [1.165, 1.54) is 122 Å². The van der Waals surface area contributed by atoms with Crippen LogP contribution in [0.5, 0.6) is 0 Å². The summed E-state index contributed by atoms with van der Waals surface area (Å²) in [6.45, 7) is 28.9. The number of allylic oxidation sites excluding steroid dienone is 1. The molecule has 1 saturated heterocycles. The molecule has 3 nitrogen and oxygen atoms in total. The zero-order chi connectivity index (χ0) is 30.8. The van der Waals surface area contributed by atoms with Gasteiger partial charge < -0.3 is 15.1 Å². The third kappa shape index (κ3) is 9.32. The van der Waals surface area contributed by atoms with Gasteiger partial charge in [0.2, 0.25) is 0 Å². The number of benzene rings is 2. The molecule has 3 heteroatoms. The largest absolute Gasteiger partial charge is 0.385 e. The Hall–Kier alpha value is -2.36. The van der Waals surface area contributed by atoms with E-state index in [1.54, 1.807) is 5.56 Å². The van der Waals surface area contributed by atoms with Crippen molar-refractivity contribution in [2.75, 3.05) is 45.8 Å². The third-order valence-electron chi connectivity index (χ3n) is 10.3. The molecule has 43 heavy (non-hydrogen) atoms. The van der Waals surface area contributed by atoms with Crippen LogP contribution >= 0.6 is 0 Å². The first kappa shape index (κ1) is 33.5. The van der Waals surface area contributed by atoms with E-state index in [9.17, 15) is 0 Å². The van der Waals surface area contributed by atoms with Gasteiger partial charge in [-0.25, -0.2) is 0 Å². The third-order valence-corrected chi connectivity index (χ3v) is 10.3. The standard InChI is InChI=1S/C40H61N3/c1-8-35-28-37(26-31(5)39(35)9-2)30(4)25-34-15-11-12-16-36-29-38(27-32(6)40(36)10-3)33(7)41-18-13-19-42-20-14-21-43(22-17-34)24-23-42/h26-29,34,41H,4,7-25H2,1-3,5-6H3. The molecule has 2 aliphatic heterocycles. The zero-order valence-corrected chi connectivity index (χ0v) is 28.4. The second-order valence-electron chi connectivity index (χ2n) is 13.4. The summed E-state index contributed by atoms with van der Waals surface area (Å²) in [7, 11) is 0. The topological polar surface area (TPSA) is 18.5 Å². The van der Waals surface area contributed by atoms with Crippen molar-refractivity contribution < 1.29 is 0 Å². The van der Waals surface area contributed by atoms with Gasteiger partial charge in [-0.1, -0.05) is 58.9 Å². The second kappa shape index (κ2) is 16.6. The van der Waals surface area contributed by atoms with Crippen molar-refractivity contribution in [2.45, 2.75) is 105 Å². The van der Waals surface area contributed by atoms with Gasteiger partial charge in [0.05, 0.1) is 0 Å². The summed E-state index contributed by atoms with van der Waals surface area (Å²) in [6, 6.07) is 9.65. The van der Waals surface area contributed by atoms with Gasteiger partial charge in [-0.15, -0.1) is 0 Å². The zero-order valence-electron chi connectivity index (χ0n) is 28.4. The molecule has 0 saturated carbocycles. The average Bonchev–Trinajstić information content (AvgIpc) is 3.23. The molecule has 2 aliphatic rings. The van der Waals surface area contributed by atoms with E-state index in [-0.39, 0.29) is 0 Å². The summed E-state index contributed by atoms with van der Waals surface area (Å²) < 4.78 is 0. The fourth-order valence-corrected chi connectivity index (χ4v) is 7.75. The SMILES string of the molecule is C=C(CC1CCCCc2cc(cc(C)c2CC)C(=C)NCCCN2CCCN(CC1)CC2)c1cc(C)c(CC)c(CC)c1. The Morgan fingerprint density at radius 2 is 1.47 bits per heavy atom. The molecule has 1 N–H and O–H groups in total. The van der Waals surface area contributed by atoms with E-state index in [1.807, 2.05) is 0 Å². The van der Waals surface area contributed by atoms with Crippen LogP contribution in [0.2, 0.25) is 0 Å². The number of fused-ring (bicyclic) bond motifs is 5. The van der Waals surface area contributed by atoms with Gasteiger partial charge in [0, 0.05) is 25.3 Å². The normalized spacial score (nSPS) is 22.6. The highest BCUT2D eigenvalue weighted by atomic mass is 15.2. The molecular weight excluding hydrogens is 522 g/mol. The van der Waals surface area contributed by atoms with Crippen LogP contribution in [0.1, 0.15) is 110 Å². The van der Waals surface area contributed by atoms with E-state index < -0.39 is 0 Å². The lowest BCUT2D eigenvalue weighted by molar-refractivity contribution is 0.239. The van der Waals surface area contributed by atoms with E-state index in [4.69, 9.17) is 0 Å². The van der Waals surface area contributed by atoms with Gasteiger partial charge in [0.1, 0.15) is 0 Å². The molecule has 2 aromatic carbocycles. The van der Waals surface area contributed by atoms with Crippen molar-refractivity contribution in [2.24, 2.45) is 5.92 Å². The Bertz CT molecular complexity index is 1220. The molecule has 0 amide bonds. The maximum absolute atomic E-state index is 4.68. The number of rotatable bonds is 6. The van der Waals surface area contributed by atoms with Crippen LogP contribution in [-0.2, 0) is 25.7 Å². The summed E-state index contributed by atoms with van der Waals surface area (Å²) in [5.74, 6) is 0.688. The van der Waals surface area contributed by atoms with Crippen LogP contribution < -0.4 is 5.32 Å². The summed E-state index contributed by atoms with van der Waals surface area (Å²) in [4.78, 5) is 5.44. The fourth-order valence-electron chi connectivity index (χ4n) is 7.75. The minimum Gasteiger partial charge on any atom is -0.385 e. The fraction of sp³-hybridized carbons (Fsp3) is 0.600. The summed E-state index contributed by atoms with van der Waals surface area (Å²) >= 11 is 0. The van der Waals surface area contributed by atoms with Crippen molar-refractivity contribution in [3.8, 4) is 0 Å². The Kier molecular flexibility index (Phi) is 13.0. The van der Waals surface area contributed by atoms with Crippen LogP contribution in [0.15, 0.2) is 37.4 Å². The number of hydrogen-bond acceptors (Lipinski definition) is 3. The number of nitrogens with zero attached hydrogens (tertiary/aromatic N) is 2. The van der Waals surface area contributed by atoms with E-state index in [0.29, 0.717) is 5.92 Å². The molecule has 236 valence electrons. The maximum Gasteiger partial charge on any atom is 0.0340 e. The second-order valence-corrected chi connectivity index (χ2v) is 13.4. The first-order chi connectivity index (χ1) is 20.8. The Labute approximate surface area is 264 Å². The molecule has 0 aliphatic carbocycles. The molecule has 3 unspecified atom stereocenters. The first-order valence-electron chi connectivity index (χ1n) is 17.6. The monoisotopic (exact) mass is 583 g/mol. The summed E-state index contributed by atoms with van der Waals surface area (Å²) in [5, 5.41) is 3.66. The van der Waals surface area contributed by atoms with Gasteiger partial charge in [0.25, 0.3) is 0 Å². The van der Waals surface area contributed by atoms with E-state index >= 15 is 0 Å². The smallest absolute Gasteiger partial charge is 0.0340 e. The van der Waals surface area contributed by atoms with Gasteiger partial charge in [0.15, 0.2) is 0 Å². The van der Waals surface area contributed by atoms with Crippen molar-refractivity contribution in [1.82, 2.24) is 15.1 Å². The van der Waals surface area contributed by atoms with Crippen molar-refractivity contribution in [3.63, 3.8) is 0 Å². The predicted molar refractivity (Wildman–Crippen MR) is 189 cm³/mol. The molecule has 0 radical (unpaired) electrons. The minimum absolute atomic E-state index is 0.688. The molecule has 0 aromatic heterocycles. The van der Waals surface area contributed by atoms with Crippen LogP contribution in [0.25, 0.3) is 11.3 Å². The first-order valence-corrected chi connectivity index (χ1v) is 17.6. The number of hydrogen-bond donors (Lipinski definition) is 1. The highest BCUT2D eigenvalue weighted by molar-refractivity contribution is 5.66. The number of nitrogens with one attached hydrogen (secondary N) is 1. The average molecular weight is 584 g/mol. The molecule has 4 bridgehead atoms. The van der Waals surface area contributed by atoms with Gasteiger partial charge in [-0.2, -0.15) is 0 Å². The van der Waals surface area contributed by atoms with Crippen LogP contribution in [0, 0.1) is 19.8 Å². The van der Waals surface area contributed by atoms with E-state index in [2.05, 4.69) is 87.2 Å². The summed E-state index contributed by atoms with van der Waals surface area (Å²) in [6.07, 6.45) is 13.2. The quantitative estimate of drug-likeness (QED) is 0.367. The van der Waals surface area contributed by atoms with Gasteiger partial charge in [-0.05, 0) is 166 Å². The lowest BCUT2D eigenvalue weighted by Gasteiger charge is -2.25. The van der Waals surface area contributed by atoms with E-state index in [0.717, 1.165) is 44.3 Å². The Balaban J connectivity index is 1.52. The minimum atomic E-state index is 0.688. The molecule has 3 atom stereocenters. The lowest BCUT2D eigenvalue weighted by Crippen LogP contribution is -2.33. The highest BCUT2D eigenvalue weighted by Gasteiger charge is 2.19. The molecule has 0 spiro atoms. The molecule has 4 rings (SSSR count).